The number of hydrogen-bond donors (Lipinski definition) is 0. The summed E-state index contributed by atoms with van der Waals surface area (Å²) in [6, 6.07) is 0. The zero-order valence-corrected chi connectivity index (χ0v) is 10.4. The highest BCUT2D eigenvalue weighted by molar-refractivity contribution is 4.60. The zero-order valence-electron chi connectivity index (χ0n) is 10.4. The molecule has 85 valence electrons. The average molecular weight is 197 g/mol. The van der Waals surface area contributed by atoms with Gasteiger partial charge in [0.2, 0.25) is 0 Å². The van der Waals surface area contributed by atoms with Gasteiger partial charge in [0.1, 0.15) is 0 Å². The Morgan fingerprint density at radius 1 is 0.643 bits per heavy atom. The summed E-state index contributed by atoms with van der Waals surface area (Å²) in [6.07, 6.45) is 18.0. The molecule has 0 aliphatic rings. The first-order valence-electron chi connectivity index (χ1n) is 6.73. The minimum Gasteiger partial charge on any atom is -0.0654 e. The van der Waals surface area contributed by atoms with Crippen molar-refractivity contribution < 1.29 is 0 Å². The molecule has 0 aliphatic carbocycles. The van der Waals surface area contributed by atoms with E-state index < -0.39 is 0 Å². The summed E-state index contributed by atoms with van der Waals surface area (Å²) in [4.78, 5) is 0. The van der Waals surface area contributed by atoms with E-state index in [0.717, 1.165) is 0 Å². The molecule has 0 aromatic rings. The molecule has 0 nitrogen and oxygen atoms in total. The van der Waals surface area contributed by atoms with Gasteiger partial charge in [-0.2, -0.15) is 0 Å². The molecule has 0 N–H and O–H groups in total. The van der Waals surface area contributed by atoms with Gasteiger partial charge in [0.15, 0.2) is 0 Å². The van der Waals surface area contributed by atoms with E-state index in [9.17, 15) is 0 Å². The molecular weight excluding hydrogens is 168 g/mol. The van der Waals surface area contributed by atoms with Gasteiger partial charge in [0.05, 0.1) is 0 Å². The Balaban J connectivity index is 2.78. The van der Waals surface area contributed by atoms with Gasteiger partial charge in [-0.25, -0.2) is 0 Å². The minimum atomic E-state index is 1.25. The van der Waals surface area contributed by atoms with Gasteiger partial charge in [-0.1, -0.05) is 84.5 Å². The van der Waals surface area contributed by atoms with Gasteiger partial charge in [-0.05, 0) is 6.42 Å². The van der Waals surface area contributed by atoms with E-state index >= 15 is 0 Å². The fraction of sp³-hybridized carbons (Fsp3) is 0.929. The summed E-state index contributed by atoms with van der Waals surface area (Å²) in [5.41, 5.74) is 0. The third-order valence-corrected chi connectivity index (χ3v) is 2.80. The van der Waals surface area contributed by atoms with Crippen LogP contribution in [0.2, 0.25) is 0 Å². The second kappa shape index (κ2) is 13.0. The van der Waals surface area contributed by atoms with E-state index in [2.05, 4.69) is 20.3 Å². The lowest BCUT2D eigenvalue weighted by molar-refractivity contribution is 0.562. The van der Waals surface area contributed by atoms with Gasteiger partial charge < -0.3 is 0 Å². The number of hydrogen-bond acceptors (Lipinski definition) is 0. The van der Waals surface area contributed by atoms with Crippen LogP contribution in [0, 0.1) is 6.42 Å². The van der Waals surface area contributed by atoms with Crippen molar-refractivity contribution in [3.8, 4) is 0 Å². The van der Waals surface area contributed by atoms with Crippen LogP contribution in [0.15, 0.2) is 0 Å². The van der Waals surface area contributed by atoms with Gasteiger partial charge in [0, 0.05) is 0 Å². The topological polar surface area (TPSA) is 0 Å². The van der Waals surface area contributed by atoms with Crippen molar-refractivity contribution >= 4 is 0 Å². The lowest BCUT2D eigenvalue weighted by Crippen LogP contribution is -1.81. The van der Waals surface area contributed by atoms with Crippen LogP contribution in [0.4, 0.5) is 0 Å². The molecule has 0 aromatic carbocycles. The number of rotatable bonds is 11. The maximum Gasteiger partial charge on any atom is -0.0389 e. The van der Waals surface area contributed by atoms with Crippen molar-refractivity contribution in [2.75, 3.05) is 0 Å². The van der Waals surface area contributed by atoms with Crippen molar-refractivity contribution in [1.29, 1.82) is 0 Å². The molecule has 0 amide bonds. The van der Waals surface area contributed by atoms with Crippen LogP contribution in [0.1, 0.15) is 84.5 Å². The molecular formula is C14H29. The highest BCUT2D eigenvalue weighted by Gasteiger charge is 1.91. The lowest BCUT2D eigenvalue weighted by Gasteiger charge is -2.01. The molecule has 0 heterocycles. The summed E-state index contributed by atoms with van der Waals surface area (Å²) in [7, 11) is 0. The number of unbranched alkanes of at least 4 members (excludes halogenated alkanes) is 11. The van der Waals surface area contributed by atoms with Crippen molar-refractivity contribution in [3.05, 3.63) is 6.42 Å². The average Bonchev–Trinajstić information content (AvgIpc) is 2.21. The zero-order chi connectivity index (χ0) is 10.5. The summed E-state index contributed by atoms with van der Waals surface area (Å²) in [5, 5.41) is 0. The first-order chi connectivity index (χ1) is 6.91. The van der Waals surface area contributed by atoms with E-state index in [1.165, 1.54) is 70.6 Å². The fourth-order valence-electron chi connectivity index (χ4n) is 1.80. The summed E-state index contributed by atoms with van der Waals surface area (Å²) in [6.45, 7) is 4.51. The van der Waals surface area contributed by atoms with Gasteiger partial charge in [-0.15, -0.1) is 0 Å². The second-order valence-corrected chi connectivity index (χ2v) is 4.31. The van der Waals surface area contributed by atoms with Crippen LogP contribution >= 0.6 is 0 Å². The van der Waals surface area contributed by atoms with Crippen LogP contribution in [0.25, 0.3) is 0 Å². The Morgan fingerprint density at radius 3 is 1.64 bits per heavy atom. The van der Waals surface area contributed by atoms with Gasteiger partial charge in [-0.3, -0.25) is 0 Å². The van der Waals surface area contributed by atoms with E-state index in [1.54, 1.807) is 0 Å². The molecule has 0 heteroatoms. The monoisotopic (exact) mass is 197 g/mol. The van der Waals surface area contributed by atoms with Crippen molar-refractivity contribution in [3.63, 3.8) is 0 Å². The third-order valence-electron chi connectivity index (χ3n) is 2.80. The first-order valence-corrected chi connectivity index (χ1v) is 6.73. The molecule has 0 aromatic heterocycles. The van der Waals surface area contributed by atoms with Crippen LogP contribution in [0.3, 0.4) is 0 Å². The molecule has 0 aliphatic heterocycles. The predicted octanol–water partition coefficient (Wildman–Crippen LogP) is 5.52. The smallest absolute Gasteiger partial charge is 0.0389 e. The van der Waals surface area contributed by atoms with Crippen molar-refractivity contribution in [2.45, 2.75) is 84.5 Å². The molecule has 0 saturated heterocycles. The molecule has 1 radical (unpaired) electrons. The maximum absolute atomic E-state index is 2.40. The molecule has 0 saturated carbocycles. The van der Waals surface area contributed by atoms with Crippen LogP contribution in [0.5, 0.6) is 0 Å². The SMILES string of the molecule is CC[CH]CCCCCCCCCCC. The molecule has 14 heavy (non-hydrogen) atoms. The normalized spacial score (nSPS) is 10.7. The van der Waals surface area contributed by atoms with Crippen molar-refractivity contribution in [2.24, 2.45) is 0 Å². The van der Waals surface area contributed by atoms with E-state index in [0.29, 0.717) is 0 Å². The quantitative estimate of drug-likeness (QED) is 0.382. The first kappa shape index (κ1) is 14.0. The third kappa shape index (κ3) is 12.0. The highest BCUT2D eigenvalue weighted by atomic mass is 14.0. The largest absolute Gasteiger partial charge is 0.0654 e. The van der Waals surface area contributed by atoms with E-state index in [1.807, 2.05) is 0 Å². The summed E-state index contributed by atoms with van der Waals surface area (Å²) >= 11 is 0. The lowest BCUT2D eigenvalue weighted by atomic mass is 10.1. The van der Waals surface area contributed by atoms with Crippen molar-refractivity contribution in [1.82, 2.24) is 0 Å². The highest BCUT2D eigenvalue weighted by Crippen LogP contribution is 2.11. The van der Waals surface area contributed by atoms with E-state index in [4.69, 9.17) is 0 Å². The van der Waals surface area contributed by atoms with Gasteiger partial charge >= 0.3 is 0 Å². The molecule has 0 spiro atoms. The Labute approximate surface area is 91.5 Å². The second-order valence-electron chi connectivity index (χ2n) is 4.31. The molecule has 0 rings (SSSR count). The van der Waals surface area contributed by atoms with Crippen LogP contribution in [-0.2, 0) is 0 Å². The molecule has 0 fully saturated rings. The van der Waals surface area contributed by atoms with Crippen LogP contribution < -0.4 is 0 Å². The maximum atomic E-state index is 2.40. The molecule has 0 unspecified atom stereocenters. The summed E-state index contributed by atoms with van der Waals surface area (Å²) in [5.74, 6) is 0. The Kier molecular flexibility index (Phi) is 13.0. The minimum absolute atomic E-state index is 1.25. The Hall–Kier alpha value is 0. The standard InChI is InChI=1S/C14H29/c1-3-5-7-9-11-13-14-12-10-8-6-4-2/h5H,3-4,6-14H2,1-2H3. The Morgan fingerprint density at radius 2 is 1.14 bits per heavy atom. The van der Waals surface area contributed by atoms with Gasteiger partial charge in [0.25, 0.3) is 0 Å². The Bertz CT molecular complexity index is 74.0. The summed E-state index contributed by atoms with van der Waals surface area (Å²) < 4.78 is 0. The van der Waals surface area contributed by atoms with E-state index in [-0.39, 0.29) is 0 Å². The molecule has 0 atom stereocenters. The predicted molar refractivity (Wildman–Crippen MR) is 66.4 cm³/mol. The fourth-order valence-corrected chi connectivity index (χ4v) is 1.80. The molecule has 0 bridgehead atoms. The van der Waals surface area contributed by atoms with Crippen LogP contribution in [-0.4, -0.2) is 0 Å².